The van der Waals surface area contributed by atoms with Gasteiger partial charge in [0.1, 0.15) is 24.3 Å². The van der Waals surface area contributed by atoms with E-state index in [2.05, 4.69) is 16.9 Å². The fourth-order valence-electron chi connectivity index (χ4n) is 5.92. The number of hydrogen-bond acceptors (Lipinski definition) is 6. The van der Waals surface area contributed by atoms with E-state index in [1.54, 1.807) is 18.2 Å². The molecule has 0 bridgehead atoms. The number of carbonyl (C=O) groups excluding carboxylic acids is 1. The monoisotopic (exact) mass is 617 g/mol. The largest absolute Gasteiger partial charge is 0.492 e. The van der Waals surface area contributed by atoms with Crippen molar-refractivity contribution in [3.05, 3.63) is 62.9 Å². The first-order chi connectivity index (χ1) is 20.0. The molecule has 2 heterocycles. The molecular formula is C31H31Cl2F2N3O4. The number of aliphatic hydroxyl groups excluding tert-OH is 1. The number of piperidine rings is 1. The van der Waals surface area contributed by atoms with E-state index in [0.717, 1.165) is 29.4 Å². The number of amides is 1. The van der Waals surface area contributed by atoms with Crippen LogP contribution < -0.4 is 4.74 Å². The first kappa shape index (κ1) is 30.5. The molecule has 2 aliphatic heterocycles. The Kier molecular flexibility index (Phi) is 8.99. The smallest absolute Gasteiger partial charge is 0.257 e. The molecule has 11 heteroatoms. The standard InChI is InChI=1S/C31H31Cl2F2N3O4/c1-2-26(19-9-20(32)11-21(33)10-19)37-7-5-31(16-36,6-8-37)17-42-28-14-25(35)24(13-23(28)18-3-4-18)29(39)38-15-22(34)12-27(38)30(40)41/h1,9-11,13-14,18,22,26-27,30,40-41H,3-8,12,15,17H2/t22-,26-,27+/m1/s1. The molecule has 3 aliphatic rings. The second-order valence-corrected chi connectivity index (χ2v) is 12.3. The SMILES string of the molecule is C#C[C@H](c1cc(Cl)cc(Cl)c1)N1CCC(C#N)(COc2cc(F)c(C(=O)N3C[C@H](F)C[C@H]3C(O)O)cc2C2CC2)CC1. The lowest BCUT2D eigenvalue weighted by molar-refractivity contribution is -0.0844. The maximum absolute atomic E-state index is 15.3. The number of hydrogen-bond donors (Lipinski definition) is 2. The summed E-state index contributed by atoms with van der Waals surface area (Å²) in [6, 6.07) is 8.65. The number of terminal acetylenes is 1. The molecule has 0 unspecified atom stereocenters. The molecule has 2 aromatic carbocycles. The van der Waals surface area contributed by atoms with E-state index in [4.69, 9.17) is 34.4 Å². The van der Waals surface area contributed by atoms with Crippen molar-refractivity contribution < 1.29 is 28.5 Å². The molecule has 0 radical (unpaired) electrons. The van der Waals surface area contributed by atoms with Gasteiger partial charge in [-0.1, -0.05) is 29.1 Å². The van der Waals surface area contributed by atoms with Crippen molar-refractivity contribution in [2.45, 2.75) is 62.6 Å². The second kappa shape index (κ2) is 12.4. The van der Waals surface area contributed by atoms with Crippen LogP contribution in [0.1, 0.15) is 65.5 Å². The molecule has 2 N–H and O–H groups in total. The molecule has 42 heavy (non-hydrogen) atoms. The number of rotatable bonds is 8. The third-order valence-electron chi connectivity index (χ3n) is 8.46. The van der Waals surface area contributed by atoms with Crippen LogP contribution in [-0.4, -0.2) is 70.7 Å². The number of nitriles is 1. The van der Waals surface area contributed by atoms with Crippen molar-refractivity contribution in [3.8, 4) is 24.2 Å². The predicted molar refractivity (Wildman–Crippen MR) is 153 cm³/mol. The Hall–Kier alpha value is -2.92. The Labute approximate surface area is 253 Å². The van der Waals surface area contributed by atoms with Gasteiger partial charge in [0, 0.05) is 35.6 Å². The highest BCUT2D eigenvalue weighted by molar-refractivity contribution is 6.34. The van der Waals surface area contributed by atoms with Gasteiger partial charge in [-0.2, -0.15) is 5.26 Å². The van der Waals surface area contributed by atoms with Crippen molar-refractivity contribution in [2.75, 3.05) is 26.2 Å². The summed E-state index contributed by atoms with van der Waals surface area (Å²) in [5, 5.41) is 30.3. The van der Waals surface area contributed by atoms with Gasteiger partial charge in [-0.15, -0.1) is 6.42 Å². The highest BCUT2D eigenvalue weighted by Gasteiger charge is 2.42. The third kappa shape index (κ3) is 6.37. The summed E-state index contributed by atoms with van der Waals surface area (Å²) in [7, 11) is 0. The molecule has 2 saturated heterocycles. The molecule has 1 saturated carbocycles. The van der Waals surface area contributed by atoms with Crippen molar-refractivity contribution in [1.29, 1.82) is 5.26 Å². The van der Waals surface area contributed by atoms with Crippen molar-refractivity contribution in [1.82, 2.24) is 9.80 Å². The van der Waals surface area contributed by atoms with Crippen LogP contribution in [0.3, 0.4) is 0 Å². The van der Waals surface area contributed by atoms with Crippen LogP contribution in [-0.2, 0) is 0 Å². The lowest BCUT2D eigenvalue weighted by atomic mass is 9.80. The second-order valence-electron chi connectivity index (χ2n) is 11.4. The number of likely N-dealkylation sites (tertiary alicyclic amines) is 2. The Morgan fingerprint density at radius 3 is 2.40 bits per heavy atom. The fourth-order valence-corrected chi connectivity index (χ4v) is 6.46. The summed E-state index contributed by atoms with van der Waals surface area (Å²) in [4.78, 5) is 16.2. The number of benzene rings is 2. The van der Waals surface area contributed by atoms with Crippen LogP contribution in [0.2, 0.25) is 10.0 Å². The molecule has 5 rings (SSSR count). The van der Waals surface area contributed by atoms with Gasteiger partial charge in [-0.05, 0) is 67.0 Å². The molecule has 3 fully saturated rings. The van der Waals surface area contributed by atoms with Crippen LogP contribution in [0.4, 0.5) is 8.78 Å². The zero-order valence-corrected chi connectivity index (χ0v) is 24.3. The van der Waals surface area contributed by atoms with Gasteiger partial charge >= 0.3 is 0 Å². The van der Waals surface area contributed by atoms with Gasteiger partial charge < -0.3 is 19.8 Å². The lowest BCUT2D eigenvalue weighted by Crippen LogP contribution is -2.43. The maximum atomic E-state index is 15.3. The van der Waals surface area contributed by atoms with Gasteiger partial charge in [0.25, 0.3) is 5.91 Å². The number of aliphatic hydroxyl groups is 2. The average Bonchev–Trinajstić information content (AvgIpc) is 3.72. The van der Waals surface area contributed by atoms with Crippen LogP contribution in [0, 0.1) is 34.9 Å². The predicted octanol–water partition coefficient (Wildman–Crippen LogP) is 5.23. The Morgan fingerprint density at radius 1 is 1.17 bits per heavy atom. The van der Waals surface area contributed by atoms with Crippen LogP contribution in [0.15, 0.2) is 30.3 Å². The number of alkyl halides is 1. The summed E-state index contributed by atoms with van der Waals surface area (Å²) in [6.45, 7) is 0.735. The molecule has 3 atom stereocenters. The summed E-state index contributed by atoms with van der Waals surface area (Å²) in [5.41, 5.74) is 0.343. The molecule has 0 spiro atoms. The van der Waals surface area contributed by atoms with Crippen LogP contribution in [0.25, 0.3) is 0 Å². The van der Waals surface area contributed by atoms with E-state index in [1.165, 1.54) is 6.07 Å². The summed E-state index contributed by atoms with van der Waals surface area (Å²) >= 11 is 12.4. The first-order valence-corrected chi connectivity index (χ1v) is 14.6. The Morgan fingerprint density at radius 2 is 1.83 bits per heavy atom. The third-order valence-corrected chi connectivity index (χ3v) is 8.90. The van der Waals surface area contributed by atoms with Crippen LogP contribution >= 0.6 is 23.2 Å². The molecule has 1 aliphatic carbocycles. The minimum absolute atomic E-state index is 0.0297. The molecule has 2 aromatic rings. The molecule has 7 nitrogen and oxygen atoms in total. The number of ether oxygens (including phenoxy) is 1. The Bertz CT molecular complexity index is 1410. The fraction of sp³-hybridized carbons (Fsp3) is 0.484. The zero-order chi connectivity index (χ0) is 30.2. The molecule has 222 valence electrons. The van der Waals surface area contributed by atoms with E-state index < -0.39 is 35.6 Å². The summed E-state index contributed by atoms with van der Waals surface area (Å²) in [6.07, 6.45) is 4.88. The molecule has 0 aromatic heterocycles. The number of carbonyl (C=O) groups is 1. The van der Waals surface area contributed by atoms with Gasteiger partial charge in [0.05, 0.1) is 35.7 Å². The van der Waals surface area contributed by atoms with Gasteiger partial charge in [-0.3, -0.25) is 9.69 Å². The quantitative estimate of drug-likeness (QED) is 0.311. The van der Waals surface area contributed by atoms with E-state index >= 15 is 4.39 Å². The van der Waals surface area contributed by atoms with Crippen molar-refractivity contribution in [3.63, 3.8) is 0 Å². The normalized spacial score (nSPS) is 22.9. The van der Waals surface area contributed by atoms with Crippen molar-refractivity contribution >= 4 is 29.1 Å². The zero-order valence-electron chi connectivity index (χ0n) is 22.8. The lowest BCUT2D eigenvalue weighted by Gasteiger charge is -2.39. The van der Waals surface area contributed by atoms with Gasteiger partial charge in [0.15, 0.2) is 6.29 Å². The Balaban J connectivity index is 1.30. The minimum Gasteiger partial charge on any atom is -0.492 e. The number of halogens is 4. The number of nitrogens with zero attached hydrogens (tertiary/aromatic N) is 3. The van der Waals surface area contributed by atoms with E-state index in [0.29, 0.717) is 41.5 Å². The highest BCUT2D eigenvalue weighted by Crippen LogP contribution is 2.46. The van der Waals surface area contributed by atoms with Crippen molar-refractivity contribution in [2.24, 2.45) is 5.41 Å². The van der Waals surface area contributed by atoms with Gasteiger partial charge in [-0.25, -0.2) is 8.78 Å². The van der Waals surface area contributed by atoms with Gasteiger partial charge in [0.2, 0.25) is 0 Å². The van der Waals surface area contributed by atoms with Crippen LogP contribution in [0.5, 0.6) is 5.75 Å². The summed E-state index contributed by atoms with van der Waals surface area (Å²) in [5.74, 6) is 1.48. The summed E-state index contributed by atoms with van der Waals surface area (Å²) < 4.78 is 35.5. The van der Waals surface area contributed by atoms with E-state index in [1.807, 2.05) is 0 Å². The maximum Gasteiger partial charge on any atom is 0.257 e. The molecule has 1 amide bonds. The van der Waals surface area contributed by atoms with E-state index in [-0.39, 0.29) is 42.8 Å². The topological polar surface area (TPSA) is 97.0 Å². The first-order valence-electron chi connectivity index (χ1n) is 13.9. The highest BCUT2D eigenvalue weighted by atomic mass is 35.5. The van der Waals surface area contributed by atoms with E-state index in [9.17, 15) is 24.7 Å². The molecular weight excluding hydrogens is 587 g/mol. The minimum atomic E-state index is -1.93. The average molecular weight is 619 g/mol.